The van der Waals surface area contributed by atoms with Crippen molar-refractivity contribution in [3.63, 3.8) is 0 Å². The molecule has 0 saturated carbocycles. The summed E-state index contributed by atoms with van der Waals surface area (Å²) in [6.07, 6.45) is 0.392. The lowest BCUT2D eigenvalue weighted by Crippen LogP contribution is -2.05. The Kier molecular flexibility index (Phi) is 3.92. The number of fused-ring (bicyclic) bond motifs is 1. The summed E-state index contributed by atoms with van der Waals surface area (Å²) in [6, 6.07) is 12.5. The van der Waals surface area contributed by atoms with Crippen LogP contribution in [0, 0.1) is 6.92 Å². The van der Waals surface area contributed by atoms with Crippen molar-refractivity contribution in [1.29, 1.82) is 0 Å². The number of carbonyl (C=O) groups excluding carboxylic acids is 2. The van der Waals surface area contributed by atoms with Gasteiger partial charge in [-0.1, -0.05) is 23.8 Å². The van der Waals surface area contributed by atoms with Crippen LogP contribution in [-0.2, 0) is 0 Å². The Bertz CT molecular complexity index is 734. The lowest BCUT2D eigenvalue weighted by molar-refractivity contribution is 0.0917. The maximum Gasteiger partial charge on any atom is 0.231 e. The Hall–Kier alpha value is -2.62. The number of hydrogen-bond donors (Lipinski definition) is 0. The van der Waals surface area contributed by atoms with Gasteiger partial charge in [-0.25, -0.2) is 0 Å². The molecule has 3 rings (SSSR count). The molecular weight excluding hydrogens is 280 g/mol. The van der Waals surface area contributed by atoms with Gasteiger partial charge < -0.3 is 9.47 Å². The highest BCUT2D eigenvalue weighted by molar-refractivity contribution is 6.02. The monoisotopic (exact) mass is 296 g/mol. The van der Waals surface area contributed by atoms with E-state index in [0.717, 1.165) is 5.56 Å². The van der Waals surface area contributed by atoms with Crippen molar-refractivity contribution in [3.05, 3.63) is 59.2 Å². The first-order valence-electron chi connectivity index (χ1n) is 7.16. The zero-order valence-electron chi connectivity index (χ0n) is 12.3. The first kappa shape index (κ1) is 14.3. The average molecular weight is 296 g/mol. The molecule has 1 aliphatic heterocycles. The largest absolute Gasteiger partial charge is 0.454 e. The van der Waals surface area contributed by atoms with Crippen LogP contribution < -0.4 is 9.47 Å². The van der Waals surface area contributed by atoms with E-state index in [9.17, 15) is 9.59 Å². The number of benzene rings is 2. The molecule has 1 aliphatic rings. The molecule has 0 fully saturated rings. The van der Waals surface area contributed by atoms with E-state index in [4.69, 9.17) is 9.47 Å². The van der Waals surface area contributed by atoms with Crippen molar-refractivity contribution >= 4 is 11.6 Å². The smallest absolute Gasteiger partial charge is 0.231 e. The number of ether oxygens (including phenoxy) is 2. The maximum absolute atomic E-state index is 12.2. The predicted molar refractivity (Wildman–Crippen MR) is 81.6 cm³/mol. The molecule has 0 spiro atoms. The van der Waals surface area contributed by atoms with E-state index in [1.807, 2.05) is 25.1 Å². The van der Waals surface area contributed by atoms with Gasteiger partial charge in [-0.3, -0.25) is 9.59 Å². The number of rotatable bonds is 5. The van der Waals surface area contributed by atoms with Gasteiger partial charge in [0.2, 0.25) is 6.79 Å². The molecule has 22 heavy (non-hydrogen) atoms. The quantitative estimate of drug-likeness (QED) is 0.791. The zero-order chi connectivity index (χ0) is 15.5. The van der Waals surface area contributed by atoms with Crippen LogP contribution in [0.3, 0.4) is 0 Å². The normalized spacial score (nSPS) is 12.2. The zero-order valence-corrected chi connectivity index (χ0v) is 12.3. The molecule has 0 unspecified atom stereocenters. The number of aryl methyl sites for hydroxylation is 1. The van der Waals surface area contributed by atoms with Crippen LogP contribution in [0.25, 0.3) is 0 Å². The van der Waals surface area contributed by atoms with Crippen LogP contribution in [0.5, 0.6) is 11.5 Å². The van der Waals surface area contributed by atoms with E-state index in [2.05, 4.69) is 0 Å². The fourth-order valence-corrected chi connectivity index (χ4v) is 2.40. The molecule has 0 amide bonds. The first-order chi connectivity index (χ1) is 10.6. The van der Waals surface area contributed by atoms with E-state index < -0.39 is 0 Å². The van der Waals surface area contributed by atoms with Gasteiger partial charge >= 0.3 is 0 Å². The second kappa shape index (κ2) is 6.02. The summed E-state index contributed by atoms with van der Waals surface area (Å²) in [7, 11) is 0. The van der Waals surface area contributed by atoms with Crippen LogP contribution >= 0.6 is 0 Å². The summed E-state index contributed by atoms with van der Waals surface area (Å²) < 4.78 is 10.5. The number of ketones is 2. The molecule has 0 aliphatic carbocycles. The van der Waals surface area contributed by atoms with E-state index in [0.29, 0.717) is 22.6 Å². The molecular formula is C18H16O4. The Morgan fingerprint density at radius 1 is 0.909 bits per heavy atom. The van der Waals surface area contributed by atoms with E-state index >= 15 is 0 Å². The molecule has 4 nitrogen and oxygen atoms in total. The highest BCUT2D eigenvalue weighted by Crippen LogP contribution is 2.32. The molecule has 0 aromatic heterocycles. The summed E-state index contributed by atoms with van der Waals surface area (Å²) in [5, 5.41) is 0. The van der Waals surface area contributed by atoms with Crippen LogP contribution in [0.2, 0.25) is 0 Å². The SMILES string of the molecule is Cc1cccc(C(=O)CCC(=O)c2ccc3c(c2)OCO3)c1. The Labute approximate surface area is 128 Å². The average Bonchev–Trinajstić information content (AvgIpc) is 2.99. The summed E-state index contributed by atoms with van der Waals surface area (Å²) in [6.45, 7) is 2.12. The minimum Gasteiger partial charge on any atom is -0.454 e. The van der Waals surface area contributed by atoms with Crippen molar-refractivity contribution in [3.8, 4) is 11.5 Å². The standard InChI is InChI=1S/C18H16O4/c1-12-3-2-4-13(9-12)15(19)6-7-16(20)14-5-8-17-18(10-14)22-11-21-17/h2-5,8-10H,6-7,11H2,1H3. The molecule has 0 radical (unpaired) electrons. The third-order valence-corrected chi connectivity index (χ3v) is 3.61. The molecule has 2 aromatic rings. The summed E-state index contributed by atoms with van der Waals surface area (Å²) in [5.41, 5.74) is 2.23. The fourth-order valence-electron chi connectivity index (χ4n) is 2.40. The minimum atomic E-state index is -0.0701. The third kappa shape index (κ3) is 3.01. The van der Waals surface area contributed by atoms with Crippen LogP contribution in [-0.4, -0.2) is 18.4 Å². The summed E-state index contributed by atoms with van der Waals surface area (Å²) in [4.78, 5) is 24.3. The van der Waals surface area contributed by atoms with Crippen molar-refractivity contribution in [2.24, 2.45) is 0 Å². The lowest BCUT2D eigenvalue weighted by Gasteiger charge is -2.04. The number of hydrogen-bond acceptors (Lipinski definition) is 4. The molecule has 1 heterocycles. The molecule has 0 saturated heterocycles. The summed E-state index contributed by atoms with van der Waals surface area (Å²) in [5.74, 6) is 1.14. The van der Waals surface area contributed by atoms with Gasteiger partial charge in [0.1, 0.15) is 0 Å². The highest BCUT2D eigenvalue weighted by atomic mass is 16.7. The van der Waals surface area contributed by atoms with Gasteiger partial charge in [0, 0.05) is 24.0 Å². The van der Waals surface area contributed by atoms with Crippen LogP contribution in [0.4, 0.5) is 0 Å². The van der Waals surface area contributed by atoms with Crippen LogP contribution in [0.1, 0.15) is 39.1 Å². The van der Waals surface area contributed by atoms with Crippen molar-refractivity contribution in [2.75, 3.05) is 6.79 Å². The Balaban J connectivity index is 1.64. The van der Waals surface area contributed by atoms with Gasteiger partial charge in [0.25, 0.3) is 0 Å². The highest BCUT2D eigenvalue weighted by Gasteiger charge is 2.17. The Morgan fingerprint density at radius 3 is 2.32 bits per heavy atom. The molecule has 0 N–H and O–H groups in total. The summed E-state index contributed by atoms with van der Waals surface area (Å²) >= 11 is 0. The molecule has 4 heteroatoms. The minimum absolute atomic E-state index is 0.0159. The second-order valence-electron chi connectivity index (χ2n) is 5.28. The second-order valence-corrected chi connectivity index (χ2v) is 5.28. The van der Waals surface area contributed by atoms with Gasteiger partial charge in [-0.15, -0.1) is 0 Å². The van der Waals surface area contributed by atoms with Crippen LogP contribution in [0.15, 0.2) is 42.5 Å². The third-order valence-electron chi connectivity index (χ3n) is 3.61. The van der Waals surface area contributed by atoms with Gasteiger partial charge in [-0.2, -0.15) is 0 Å². The van der Waals surface area contributed by atoms with Crippen molar-refractivity contribution in [1.82, 2.24) is 0 Å². The van der Waals surface area contributed by atoms with E-state index in [-0.39, 0.29) is 31.2 Å². The van der Waals surface area contributed by atoms with E-state index in [1.165, 1.54) is 0 Å². The van der Waals surface area contributed by atoms with Crippen molar-refractivity contribution < 1.29 is 19.1 Å². The molecule has 112 valence electrons. The van der Waals surface area contributed by atoms with E-state index in [1.54, 1.807) is 24.3 Å². The topological polar surface area (TPSA) is 52.6 Å². The predicted octanol–water partition coefficient (Wildman–Crippen LogP) is 3.57. The Morgan fingerprint density at radius 2 is 1.59 bits per heavy atom. The lowest BCUT2D eigenvalue weighted by atomic mass is 10.0. The van der Waals surface area contributed by atoms with Gasteiger partial charge in [0.15, 0.2) is 23.1 Å². The fraction of sp³-hybridized carbons (Fsp3) is 0.222. The van der Waals surface area contributed by atoms with Gasteiger partial charge in [0.05, 0.1) is 0 Å². The van der Waals surface area contributed by atoms with Gasteiger partial charge in [-0.05, 0) is 31.2 Å². The molecule has 2 aromatic carbocycles. The molecule has 0 bridgehead atoms. The number of carbonyl (C=O) groups is 2. The maximum atomic E-state index is 12.2. The number of Topliss-reactive ketones (excluding diaryl/α,β-unsaturated/α-hetero) is 2. The molecule has 0 atom stereocenters. The first-order valence-corrected chi connectivity index (χ1v) is 7.16. The van der Waals surface area contributed by atoms with Crippen molar-refractivity contribution in [2.45, 2.75) is 19.8 Å².